The first kappa shape index (κ1) is 18.2. The molecular formula is C16H27O4P. The van der Waals surface area contributed by atoms with Crippen LogP contribution in [0.4, 0.5) is 0 Å². The standard InChI is InChI=1S/C16H27O4P/c1-3-5-6-7-8-12-15-19-21(17,18-4-2)20-16-13-10-9-11-14-16/h9-11,13-14H,3-8,12,15H2,1-2H3. The maximum atomic E-state index is 12.5. The van der Waals surface area contributed by atoms with E-state index >= 15 is 0 Å². The van der Waals surface area contributed by atoms with E-state index in [-0.39, 0.29) is 0 Å². The smallest absolute Gasteiger partial charge is 0.404 e. The highest BCUT2D eigenvalue weighted by atomic mass is 31.2. The van der Waals surface area contributed by atoms with E-state index in [4.69, 9.17) is 13.6 Å². The van der Waals surface area contributed by atoms with Crippen molar-refractivity contribution in [2.75, 3.05) is 13.2 Å². The SMILES string of the molecule is CCCCCCCCOP(=O)(OCC)Oc1ccccc1. The molecule has 21 heavy (non-hydrogen) atoms. The van der Waals surface area contributed by atoms with Crippen LogP contribution in [0.25, 0.3) is 0 Å². The summed E-state index contributed by atoms with van der Waals surface area (Å²) >= 11 is 0. The summed E-state index contributed by atoms with van der Waals surface area (Å²) in [6, 6.07) is 8.98. The first-order valence-electron chi connectivity index (χ1n) is 7.84. The van der Waals surface area contributed by atoms with Crippen LogP contribution in [0.2, 0.25) is 0 Å². The van der Waals surface area contributed by atoms with Crippen LogP contribution in [0, 0.1) is 0 Å². The molecule has 0 aliphatic carbocycles. The van der Waals surface area contributed by atoms with Gasteiger partial charge in [0.05, 0.1) is 13.2 Å². The highest BCUT2D eigenvalue weighted by molar-refractivity contribution is 7.48. The molecule has 0 radical (unpaired) electrons. The van der Waals surface area contributed by atoms with Crippen molar-refractivity contribution < 1.29 is 18.1 Å². The summed E-state index contributed by atoms with van der Waals surface area (Å²) in [4.78, 5) is 0. The molecule has 1 rings (SSSR count). The molecule has 0 aliphatic rings. The van der Waals surface area contributed by atoms with Gasteiger partial charge in [-0.3, -0.25) is 9.05 Å². The summed E-state index contributed by atoms with van der Waals surface area (Å²) in [7, 11) is -3.50. The minimum atomic E-state index is -3.50. The third-order valence-corrected chi connectivity index (χ3v) is 4.50. The number of benzene rings is 1. The topological polar surface area (TPSA) is 44.8 Å². The molecule has 0 spiro atoms. The molecule has 4 nitrogen and oxygen atoms in total. The second-order valence-electron chi connectivity index (χ2n) is 4.87. The van der Waals surface area contributed by atoms with Gasteiger partial charge in [-0.25, -0.2) is 4.57 Å². The molecule has 1 unspecified atom stereocenters. The molecule has 0 bridgehead atoms. The van der Waals surface area contributed by atoms with E-state index in [2.05, 4.69) is 6.92 Å². The van der Waals surface area contributed by atoms with Gasteiger partial charge in [0.25, 0.3) is 0 Å². The van der Waals surface area contributed by atoms with Gasteiger partial charge >= 0.3 is 7.82 Å². The summed E-state index contributed by atoms with van der Waals surface area (Å²) in [5, 5.41) is 0. The first-order chi connectivity index (χ1) is 10.2. The number of rotatable bonds is 12. The van der Waals surface area contributed by atoms with Crippen LogP contribution in [0.5, 0.6) is 5.75 Å². The van der Waals surface area contributed by atoms with Crippen molar-refractivity contribution in [1.29, 1.82) is 0 Å². The molecule has 0 aliphatic heterocycles. The van der Waals surface area contributed by atoms with Gasteiger partial charge in [0, 0.05) is 0 Å². The Labute approximate surface area is 128 Å². The van der Waals surface area contributed by atoms with E-state index in [0.29, 0.717) is 19.0 Å². The van der Waals surface area contributed by atoms with Crippen molar-refractivity contribution in [2.45, 2.75) is 52.4 Å². The van der Waals surface area contributed by atoms with Crippen molar-refractivity contribution >= 4 is 7.82 Å². The number of hydrogen-bond donors (Lipinski definition) is 0. The number of phosphoric ester groups is 1. The lowest BCUT2D eigenvalue weighted by Gasteiger charge is -2.17. The lowest BCUT2D eigenvalue weighted by atomic mass is 10.1. The van der Waals surface area contributed by atoms with Gasteiger partial charge in [-0.2, -0.15) is 0 Å². The largest absolute Gasteiger partial charge is 0.530 e. The highest BCUT2D eigenvalue weighted by Crippen LogP contribution is 2.49. The Morgan fingerprint density at radius 2 is 1.57 bits per heavy atom. The Hall–Kier alpha value is -0.830. The van der Waals surface area contributed by atoms with Gasteiger partial charge < -0.3 is 4.52 Å². The Morgan fingerprint density at radius 3 is 2.24 bits per heavy atom. The lowest BCUT2D eigenvalue weighted by Crippen LogP contribution is -2.03. The fourth-order valence-electron chi connectivity index (χ4n) is 1.92. The minimum absolute atomic E-state index is 0.292. The molecular weight excluding hydrogens is 287 g/mol. The van der Waals surface area contributed by atoms with Gasteiger partial charge in [-0.1, -0.05) is 57.2 Å². The second kappa shape index (κ2) is 10.8. The third-order valence-electron chi connectivity index (χ3n) is 2.99. The molecule has 0 fully saturated rings. The number of para-hydroxylation sites is 1. The molecule has 1 aromatic rings. The van der Waals surface area contributed by atoms with Crippen LogP contribution >= 0.6 is 7.82 Å². The number of phosphoric acid groups is 1. The molecule has 0 N–H and O–H groups in total. The van der Waals surface area contributed by atoms with Crippen molar-refractivity contribution in [3.63, 3.8) is 0 Å². The summed E-state index contributed by atoms with van der Waals surface area (Å²) in [5.74, 6) is 0.497. The van der Waals surface area contributed by atoms with Crippen LogP contribution in [0.15, 0.2) is 30.3 Å². The maximum Gasteiger partial charge on any atom is 0.530 e. The van der Waals surface area contributed by atoms with E-state index in [1.54, 1.807) is 19.1 Å². The van der Waals surface area contributed by atoms with E-state index < -0.39 is 7.82 Å². The Kier molecular flexibility index (Phi) is 9.40. The Balaban J connectivity index is 2.33. The molecule has 0 aromatic heterocycles. The summed E-state index contributed by atoms with van der Waals surface area (Å²) in [6.45, 7) is 4.66. The van der Waals surface area contributed by atoms with Gasteiger partial charge in [0.15, 0.2) is 0 Å². The Morgan fingerprint density at radius 1 is 0.905 bits per heavy atom. The second-order valence-corrected chi connectivity index (χ2v) is 6.46. The van der Waals surface area contributed by atoms with Crippen LogP contribution < -0.4 is 4.52 Å². The van der Waals surface area contributed by atoms with Crippen LogP contribution in [-0.4, -0.2) is 13.2 Å². The maximum absolute atomic E-state index is 12.5. The van der Waals surface area contributed by atoms with E-state index in [1.165, 1.54) is 25.7 Å². The number of hydrogen-bond acceptors (Lipinski definition) is 4. The van der Waals surface area contributed by atoms with E-state index in [9.17, 15) is 4.57 Å². The van der Waals surface area contributed by atoms with Gasteiger partial charge in [0.2, 0.25) is 0 Å². The molecule has 0 heterocycles. The fourth-order valence-corrected chi connectivity index (χ4v) is 3.15. The van der Waals surface area contributed by atoms with Crippen LogP contribution in [-0.2, 0) is 13.6 Å². The Bertz CT molecular complexity index is 408. The predicted molar refractivity (Wildman–Crippen MR) is 85.6 cm³/mol. The molecule has 0 saturated heterocycles. The average Bonchev–Trinajstić information content (AvgIpc) is 2.47. The normalized spacial score (nSPS) is 13.8. The monoisotopic (exact) mass is 314 g/mol. The molecule has 120 valence electrons. The van der Waals surface area contributed by atoms with Crippen molar-refractivity contribution in [3.05, 3.63) is 30.3 Å². The zero-order valence-electron chi connectivity index (χ0n) is 13.1. The lowest BCUT2D eigenvalue weighted by molar-refractivity contribution is 0.158. The van der Waals surface area contributed by atoms with Gasteiger partial charge in [-0.05, 0) is 25.5 Å². The molecule has 0 saturated carbocycles. The molecule has 1 aromatic carbocycles. The first-order valence-corrected chi connectivity index (χ1v) is 9.30. The zero-order valence-corrected chi connectivity index (χ0v) is 14.0. The quantitative estimate of drug-likeness (QED) is 0.373. The summed E-state index contributed by atoms with van der Waals surface area (Å²) in [6.07, 6.45) is 6.91. The molecule has 1 atom stereocenters. The average molecular weight is 314 g/mol. The number of unbranched alkanes of at least 4 members (excludes halogenated alkanes) is 5. The highest BCUT2D eigenvalue weighted by Gasteiger charge is 2.27. The molecule has 0 amide bonds. The summed E-state index contributed by atoms with van der Waals surface area (Å²) in [5.41, 5.74) is 0. The van der Waals surface area contributed by atoms with Crippen LogP contribution in [0.3, 0.4) is 0 Å². The van der Waals surface area contributed by atoms with Gasteiger partial charge in [-0.15, -0.1) is 0 Å². The van der Waals surface area contributed by atoms with Crippen molar-refractivity contribution in [1.82, 2.24) is 0 Å². The van der Waals surface area contributed by atoms with E-state index in [1.807, 2.05) is 18.2 Å². The van der Waals surface area contributed by atoms with Gasteiger partial charge in [0.1, 0.15) is 5.75 Å². The van der Waals surface area contributed by atoms with Crippen molar-refractivity contribution in [3.8, 4) is 5.75 Å². The zero-order chi connectivity index (χ0) is 15.4. The fraction of sp³-hybridized carbons (Fsp3) is 0.625. The predicted octanol–water partition coefficient (Wildman–Crippen LogP) is 5.59. The summed E-state index contributed by atoms with van der Waals surface area (Å²) < 4.78 is 28.4. The molecule has 5 heteroatoms. The van der Waals surface area contributed by atoms with Crippen molar-refractivity contribution in [2.24, 2.45) is 0 Å². The minimum Gasteiger partial charge on any atom is -0.404 e. The third kappa shape index (κ3) is 8.25. The van der Waals surface area contributed by atoms with E-state index in [0.717, 1.165) is 12.8 Å². The van der Waals surface area contributed by atoms with Crippen LogP contribution in [0.1, 0.15) is 52.4 Å².